The minimum atomic E-state index is -0.546. The standard InChI is InChI=1S/C19H24N2O2.C17H20N2O.C3H4O3/c22-10-11-23-17-12-13-4-3-8-20-9-7-15-14-5-1-2-6-16(14)21(17)19(15)18(13)20;20-15-10-11-4-3-8-18-9-7-13-12-5-1-2-6-14(12)19(15)17(13)16(11)18;4-3-5-1-2-6-3/h1-2,5-6,13,17-18,22H,3-4,7-12H2;1-2,5-6,11,15-16,20H,3-4,7-10H2;1-2H2/t13-,17?,18+;11-,15?,16+;/m00./s1. The van der Waals surface area contributed by atoms with Crippen LogP contribution in [0, 0.1) is 11.8 Å². The molecule has 4 aromatic rings. The molecule has 6 atom stereocenters. The maximum Gasteiger partial charge on any atom is 0.508 e. The average molecular weight is 669 g/mol. The van der Waals surface area contributed by atoms with E-state index in [1.54, 1.807) is 5.56 Å². The van der Waals surface area contributed by atoms with Crippen LogP contribution in [0.3, 0.4) is 0 Å². The molecule has 0 aliphatic carbocycles. The van der Waals surface area contributed by atoms with Gasteiger partial charge >= 0.3 is 6.16 Å². The molecule has 2 unspecified atom stereocenters. The van der Waals surface area contributed by atoms with Gasteiger partial charge < -0.3 is 33.6 Å². The number of aliphatic hydroxyl groups excluding tert-OH is 2. The zero-order chi connectivity index (χ0) is 33.1. The second-order valence-electron chi connectivity index (χ2n) is 14.7. The second kappa shape index (κ2) is 13.0. The van der Waals surface area contributed by atoms with Gasteiger partial charge in [0.2, 0.25) is 0 Å². The van der Waals surface area contributed by atoms with E-state index >= 15 is 0 Å². The first-order valence-corrected chi connectivity index (χ1v) is 18.5. The Hall–Kier alpha value is -3.41. The molecule has 2 N–H and O–H groups in total. The number of aliphatic hydroxyl groups is 2. The molecule has 2 aromatic heterocycles. The number of ether oxygens (including phenoxy) is 3. The van der Waals surface area contributed by atoms with E-state index in [1.807, 2.05) is 0 Å². The summed E-state index contributed by atoms with van der Waals surface area (Å²) in [6.45, 7) is 6.22. The zero-order valence-corrected chi connectivity index (χ0v) is 28.2. The summed E-state index contributed by atoms with van der Waals surface area (Å²) in [5.41, 5.74) is 8.54. The maximum atomic E-state index is 10.7. The summed E-state index contributed by atoms with van der Waals surface area (Å²) < 4.78 is 19.4. The van der Waals surface area contributed by atoms with Gasteiger partial charge in [0, 0.05) is 35.2 Å². The van der Waals surface area contributed by atoms with Crippen molar-refractivity contribution in [3.05, 3.63) is 71.0 Å². The van der Waals surface area contributed by atoms with Gasteiger partial charge in [0.1, 0.15) is 25.7 Å². The van der Waals surface area contributed by atoms with Crippen LogP contribution in [0.5, 0.6) is 0 Å². The molecule has 7 aliphatic heterocycles. The highest BCUT2D eigenvalue weighted by Crippen LogP contribution is 2.52. The van der Waals surface area contributed by atoms with Crippen LogP contribution in [0.25, 0.3) is 21.8 Å². The molecule has 10 heteroatoms. The number of piperidine rings is 2. The lowest BCUT2D eigenvalue weighted by Crippen LogP contribution is -2.47. The van der Waals surface area contributed by atoms with Gasteiger partial charge in [-0.3, -0.25) is 9.80 Å². The topological polar surface area (TPSA) is 102 Å². The van der Waals surface area contributed by atoms with E-state index in [1.165, 1.54) is 90.6 Å². The van der Waals surface area contributed by atoms with Crippen molar-refractivity contribution in [2.24, 2.45) is 11.8 Å². The molecule has 9 heterocycles. The van der Waals surface area contributed by atoms with Gasteiger partial charge in [-0.1, -0.05) is 36.4 Å². The molecule has 11 rings (SSSR count). The summed E-state index contributed by atoms with van der Waals surface area (Å²) in [6.07, 6.45) is 8.68. The average Bonchev–Trinajstić information content (AvgIpc) is 3.85. The monoisotopic (exact) mass is 668 g/mol. The van der Waals surface area contributed by atoms with Crippen molar-refractivity contribution in [1.82, 2.24) is 18.9 Å². The Labute approximate surface area is 287 Å². The van der Waals surface area contributed by atoms with Crippen molar-refractivity contribution in [2.75, 3.05) is 52.6 Å². The summed E-state index contributed by atoms with van der Waals surface area (Å²) >= 11 is 0. The van der Waals surface area contributed by atoms with Crippen LogP contribution in [-0.4, -0.2) is 87.9 Å². The van der Waals surface area contributed by atoms with Gasteiger partial charge in [-0.15, -0.1) is 0 Å². The number of carbonyl (C=O) groups excluding carboxylic acids is 1. The molecule has 0 spiro atoms. The lowest BCUT2D eigenvalue weighted by atomic mass is 9.78. The van der Waals surface area contributed by atoms with Crippen molar-refractivity contribution in [1.29, 1.82) is 0 Å². The van der Waals surface area contributed by atoms with Gasteiger partial charge in [0.05, 0.1) is 36.3 Å². The number of fused-ring (bicyclic) bond motifs is 6. The van der Waals surface area contributed by atoms with Gasteiger partial charge in [-0.05, 0) is 99.6 Å². The number of hydrogen-bond donors (Lipinski definition) is 2. The zero-order valence-electron chi connectivity index (χ0n) is 28.2. The SMILES string of the molecule is O=C1OCCO1.OC1C[C@@H]2CCCN3CCc4c(n1c1ccccc41)[C@@H]23.OCCOC1C[C@@H]2CCCN3CCc4c(n1c1ccccc41)[C@@H]23. The summed E-state index contributed by atoms with van der Waals surface area (Å²) in [5, 5.41) is 22.6. The Morgan fingerprint density at radius 1 is 0.735 bits per heavy atom. The third-order valence-electron chi connectivity index (χ3n) is 12.2. The van der Waals surface area contributed by atoms with E-state index in [4.69, 9.17) is 4.74 Å². The van der Waals surface area contributed by atoms with Crippen molar-refractivity contribution < 1.29 is 29.2 Å². The molecule has 49 heavy (non-hydrogen) atoms. The predicted molar refractivity (Wildman–Crippen MR) is 185 cm³/mol. The predicted octanol–water partition coefficient (Wildman–Crippen LogP) is 5.86. The molecule has 0 amide bonds. The highest BCUT2D eigenvalue weighted by atomic mass is 16.8. The van der Waals surface area contributed by atoms with E-state index in [0.717, 1.165) is 25.7 Å². The van der Waals surface area contributed by atoms with Crippen LogP contribution < -0.4 is 0 Å². The molecule has 0 radical (unpaired) electrons. The molecule has 3 fully saturated rings. The molecule has 7 aliphatic rings. The number of hydrogen-bond acceptors (Lipinski definition) is 8. The first kappa shape index (κ1) is 31.6. The number of nitrogens with zero attached hydrogens (tertiary/aromatic N) is 4. The molecule has 3 saturated heterocycles. The Balaban J connectivity index is 0.000000114. The fourth-order valence-corrected chi connectivity index (χ4v) is 10.5. The third kappa shape index (κ3) is 5.30. The fraction of sp³-hybridized carbons (Fsp3) is 0.564. The Morgan fingerprint density at radius 2 is 1.29 bits per heavy atom. The molecule has 0 saturated carbocycles. The normalized spacial score (nSPS) is 29.6. The molecule has 260 valence electrons. The Kier molecular flexibility index (Phi) is 8.40. The number of carbonyl (C=O) groups is 1. The smallest absolute Gasteiger partial charge is 0.431 e. The molecule has 10 nitrogen and oxygen atoms in total. The summed E-state index contributed by atoms with van der Waals surface area (Å²) in [5.74, 6) is 1.35. The van der Waals surface area contributed by atoms with Crippen LogP contribution in [0.4, 0.5) is 4.79 Å². The number of cyclic esters (lactones) is 2. The minimum Gasteiger partial charge on any atom is -0.431 e. The molecule has 2 aromatic carbocycles. The lowest BCUT2D eigenvalue weighted by Gasteiger charge is -2.49. The third-order valence-corrected chi connectivity index (χ3v) is 12.2. The van der Waals surface area contributed by atoms with Crippen LogP contribution in [-0.2, 0) is 27.1 Å². The second-order valence-corrected chi connectivity index (χ2v) is 14.7. The summed E-state index contributed by atoms with van der Waals surface area (Å²) in [4.78, 5) is 15.2. The largest absolute Gasteiger partial charge is 0.508 e. The van der Waals surface area contributed by atoms with E-state index in [-0.39, 0.29) is 19.1 Å². The maximum absolute atomic E-state index is 10.7. The Bertz CT molecular complexity index is 1840. The number of para-hydroxylation sites is 2. The molecule has 0 bridgehead atoms. The fourth-order valence-electron chi connectivity index (χ4n) is 10.5. The van der Waals surface area contributed by atoms with E-state index in [9.17, 15) is 15.0 Å². The first-order valence-electron chi connectivity index (χ1n) is 18.5. The van der Waals surface area contributed by atoms with Gasteiger partial charge in [0.15, 0.2) is 0 Å². The van der Waals surface area contributed by atoms with Crippen LogP contribution in [0.1, 0.15) is 85.6 Å². The number of benzene rings is 2. The number of rotatable bonds is 3. The lowest BCUT2D eigenvalue weighted by molar-refractivity contribution is -0.0673. The van der Waals surface area contributed by atoms with Gasteiger partial charge in [0.25, 0.3) is 0 Å². The first-order chi connectivity index (χ1) is 24.1. The van der Waals surface area contributed by atoms with Crippen molar-refractivity contribution >= 4 is 28.0 Å². The highest BCUT2D eigenvalue weighted by Gasteiger charge is 2.46. The Morgan fingerprint density at radius 3 is 1.86 bits per heavy atom. The van der Waals surface area contributed by atoms with Gasteiger partial charge in [-0.2, -0.15) is 0 Å². The van der Waals surface area contributed by atoms with E-state index in [2.05, 4.69) is 76.9 Å². The molecular formula is C39H48N4O6. The number of aromatic nitrogens is 2. The molecular weight excluding hydrogens is 620 g/mol. The minimum absolute atomic E-state index is 0.0788. The van der Waals surface area contributed by atoms with Crippen LogP contribution >= 0.6 is 0 Å². The summed E-state index contributed by atoms with van der Waals surface area (Å²) in [7, 11) is 0. The highest BCUT2D eigenvalue weighted by molar-refractivity contribution is 5.87. The van der Waals surface area contributed by atoms with Crippen molar-refractivity contribution in [3.8, 4) is 0 Å². The van der Waals surface area contributed by atoms with Crippen LogP contribution in [0.15, 0.2) is 48.5 Å². The summed E-state index contributed by atoms with van der Waals surface area (Å²) in [6, 6.07) is 18.5. The van der Waals surface area contributed by atoms with E-state index in [0.29, 0.717) is 43.7 Å². The van der Waals surface area contributed by atoms with Crippen LogP contribution in [0.2, 0.25) is 0 Å². The quantitative estimate of drug-likeness (QED) is 0.262. The van der Waals surface area contributed by atoms with Gasteiger partial charge in [-0.25, -0.2) is 4.79 Å². The van der Waals surface area contributed by atoms with Crippen molar-refractivity contribution in [3.63, 3.8) is 0 Å². The van der Waals surface area contributed by atoms with Crippen molar-refractivity contribution in [2.45, 2.75) is 75.9 Å². The van der Waals surface area contributed by atoms with E-state index < -0.39 is 6.16 Å².